The second kappa shape index (κ2) is 9.01. The highest BCUT2D eigenvalue weighted by atomic mass is 28.4. The predicted molar refractivity (Wildman–Crippen MR) is 129 cm³/mol. The highest BCUT2D eigenvalue weighted by Gasteiger charge is 2.50. The predicted octanol–water partition coefficient (Wildman–Crippen LogP) is 4.74. The van der Waals surface area contributed by atoms with E-state index in [1.165, 1.54) is 10.4 Å². The average molecular weight is 438 g/mol. The van der Waals surface area contributed by atoms with E-state index in [1.807, 2.05) is 39.0 Å². The summed E-state index contributed by atoms with van der Waals surface area (Å²) in [5.41, 5.74) is -0.525. The molecule has 0 aromatic heterocycles. The van der Waals surface area contributed by atoms with Gasteiger partial charge in [-0.15, -0.1) is 0 Å². The second-order valence-corrected chi connectivity index (χ2v) is 14.4. The minimum atomic E-state index is -2.64. The Hall–Kier alpha value is -2.37. The first-order chi connectivity index (χ1) is 14.5. The Morgan fingerprint density at radius 2 is 1.45 bits per heavy atom. The van der Waals surface area contributed by atoms with Crippen molar-refractivity contribution < 1.29 is 14.0 Å². The first kappa shape index (κ1) is 23.3. The fraction of sp³-hybridized carbons (Fsp3) is 0.423. The lowest BCUT2D eigenvalue weighted by Gasteiger charge is -2.44. The summed E-state index contributed by atoms with van der Waals surface area (Å²) in [5, 5.41) is 2.37. The smallest absolute Gasteiger partial charge is 0.411 e. The van der Waals surface area contributed by atoms with Crippen LogP contribution in [-0.2, 0) is 9.16 Å². The van der Waals surface area contributed by atoms with E-state index in [0.717, 1.165) is 0 Å². The summed E-state index contributed by atoms with van der Waals surface area (Å²) in [6.45, 7) is 13.4. The van der Waals surface area contributed by atoms with Gasteiger partial charge in [-0.2, -0.15) is 0 Å². The molecule has 166 valence electrons. The Morgan fingerprint density at radius 1 is 0.935 bits per heavy atom. The molecule has 0 saturated carbocycles. The fourth-order valence-electron chi connectivity index (χ4n) is 4.22. The van der Waals surface area contributed by atoms with Crippen LogP contribution in [0.25, 0.3) is 0 Å². The topological polar surface area (TPSA) is 38.8 Å². The van der Waals surface area contributed by atoms with Gasteiger partial charge in [-0.05, 0) is 36.2 Å². The van der Waals surface area contributed by atoms with Crippen molar-refractivity contribution in [3.8, 4) is 0 Å². The molecular formula is C26H35NO3Si. The van der Waals surface area contributed by atoms with Gasteiger partial charge in [0.1, 0.15) is 5.60 Å². The standard InChI is InChI=1S/C26H35NO3Si/c1-25(2,3)30-24(28)27-19-13-14-21(27)20-29-31(26(4,5)6,22-15-9-7-10-16-22)23-17-11-8-12-18-23/h7-18,21H,19-20H2,1-6H3/t21-/m0/s1. The van der Waals surface area contributed by atoms with Crippen LogP contribution >= 0.6 is 0 Å². The Bertz CT molecular complexity index is 858. The number of amides is 1. The Morgan fingerprint density at radius 3 is 1.90 bits per heavy atom. The Labute approximate surface area is 188 Å². The molecule has 0 spiro atoms. The van der Waals surface area contributed by atoms with Gasteiger partial charge in [0.2, 0.25) is 0 Å². The van der Waals surface area contributed by atoms with Crippen molar-refractivity contribution in [2.24, 2.45) is 0 Å². The molecule has 1 aliphatic heterocycles. The lowest BCUT2D eigenvalue weighted by molar-refractivity contribution is 0.0205. The monoisotopic (exact) mass is 437 g/mol. The van der Waals surface area contributed by atoms with Crippen molar-refractivity contribution in [1.29, 1.82) is 0 Å². The van der Waals surface area contributed by atoms with Crippen LogP contribution < -0.4 is 10.4 Å². The molecule has 0 N–H and O–H groups in total. The molecule has 1 aliphatic rings. The zero-order chi connectivity index (χ0) is 22.7. The van der Waals surface area contributed by atoms with Gasteiger partial charge in [-0.25, -0.2) is 4.79 Å². The number of ether oxygens (including phenoxy) is 1. The van der Waals surface area contributed by atoms with E-state index in [-0.39, 0.29) is 17.2 Å². The highest BCUT2D eigenvalue weighted by Crippen LogP contribution is 2.37. The highest BCUT2D eigenvalue weighted by molar-refractivity contribution is 6.99. The van der Waals surface area contributed by atoms with E-state index in [4.69, 9.17) is 9.16 Å². The fourth-order valence-corrected chi connectivity index (χ4v) is 8.79. The minimum absolute atomic E-state index is 0.102. The van der Waals surface area contributed by atoms with E-state index in [0.29, 0.717) is 13.2 Å². The third kappa shape index (κ3) is 5.10. The van der Waals surface area contributed by atoms with E-state index >= 15 is 0 Å². The van der Waals surface area contributed by atoms with E-state index in [2.05, 4.69) is 75.4 Å². The summed E-state index contributed by atoms with van der Waals surface area (Å²) in [6.07, 6.45) is 3.78. The van der Waals surface area contributed by atoms with Crippen LogP contribution in [0, 0.1) is 0 Å². The van der Waals surface area contributed by atoms with Gasteiger partial charge in [0.15, 0.2) is 0 Å². The number of hydrogen-bond donors (Lipinski definition) is 0. The number of carbonyl (C=O) groups is 1. The molecule has 0 radical (unpaired) electrons. The molecule has 1 amide bonds. The van der Waals surface area contributed by atoms with E-state index in [1.54, 1.807) is 4.90 Å². The lowest BCUT2D eigenvalue weighted by Crippen LogP contribution is -2.67. The zero-order valence-electron chi connectivity index (χ0n) is 19.6. The third-order valence-corrected chi connectivity index (χ3v) is 10.6. The van der Waals surface area contributed by atoms with Crippen LogP contribution in [-0.4, -0.2) is 44.1 Å². The third-order valence-electron chi connectivity index (χ3n) is 5.58. The zero-order valence-corrected chi connectivity index (χ0v) is 20.6. The molecule has 0 fully saturated rings. The second-order valence-electron chi connectivity index (χ2n) is 10.1. The van der Waals surface area contributed by atoms with Crippen LogP contribution in [0.4, 0.5) is 4.79 Å². The summed E-state index contributed by atoms with van der Waals surface area (Å²) in [4.78, 5) is 14.5. The summed E-state index contributed by atoms with van der Waals surface area (Å²) in [7, 11) is -2.64. The molecule has 0 bridgehead atoms. The van der Waals surface area contributed by atoms with Crippen molar-refractivity contribution >= 4 is 24.8 Å². The molecule has 2 aromatic carbocycles. The molecule has 5 heteroatoms. The minimum Gasteiger partial charge on any atom is -0.444 e. The van der Waals surface area contributed by atoms with Gasteiger partial charge in [-0.1, -0.05) is 93.6 Å². The summed E-state index contributed by atoms with van der Waals surface area (Å²) in [6, 6.07) is 21.0. The number of benzene rings is 2. The molecule has 2 aromatic rings. The summed E-state index contributed by atoms with van der Waals surface area (Å²) >= 11 is 0. The molecule has 1 heterocycles. The average Bonchev–Trinajstić information content (AvgIpc) is 3.17. The maximum atomic E-state index is 12.8. The normalized spacial score (nSPS) is 17.1. The maximum Gasteiger partial charge on any atom is 0.411 e. The number of carbonyl (C=O) groups excluding carboxylic acids is 1. The van der Waals surface area contributed by atoms with Crippen LogP contribution in [0.5, 0.6) is 0 Å². The van der Waals surface area contributed by atoms with Gasteiger partial charge in [-0.3, -0.25) is 4.90 Å². The van der Waals surface area contributed by atoms with Crippen molar-refractivity contribution in [2.45, 2.75) is 58.2 Å². The van der Waals surface area contributed by atoms with Gasteiger partial charge in [0.25, 0.3) is 8.32 Å². The van der Waals surface area contributed by atoms with Crippen molar-refractivity contribution in [1.82, 2.24) is 4.90 Å². The molecular weight excluding hydrogens is 402 g/mol. The SMILES string of the molecule is CC(C)(C)OC(=O)N1CC=C[C@H]1CO[Si](c1ccccc1)(c1ccccc1)C(C)(C)C. The van der Waals surface area contributed by atoms with Crippen LogP contribution in [0.3, 0.4) is 0 Å². The van der Waals surface area contributed by atoms with Gasteiger partial charge in [0, 0.05) is 6.54 Å². The van der Waals surface area contributed by atoms with Gasteiger partial charge >= 0.3 is 6.09 Å². The quantitative estimate of drug-likeness (QED) is 0.501. The van der Waals surface area contributed by atoms with Gasteiger partial charge < -0.3 is 9.16 Å². The van der Waals surface area contributed by atoms with Crippen LogP contribution in [0.1, 0.15) is 41.5 Å². The van der Waals surface area contributed by atoms with Crippen molar-refractivity contribution in [2.75, 3.05) is 13.2 Å². The van der Waals surface area contributed by atoms with Crippen molar-refractivity contribution in [3.63, 3.8) is 0 Å². The Kier molecular flexibility index (Phi) is 6.77. The van der Waals surface area contributed by atoms with Crippen molar-refractivity contribution in [3.05, 3.63) is 72.8 Å². The maximum absolute atomic E-state index is 12.8. The largest absolute Gasteiger partial charge is 0.444 e. The molecule has 1 atom stereocenters. The number of nitrogens with zero attached hydrogens (tertiary/aromatic N) is 1. The lowest BCUT2D eigenvalue weighted by atomic mass is 10.2. The molecule has 31 heavy (non-hydrogen) atoms. The molecule has 0 aliphatic carbocycles. The van der Waals surface area contributed by atoms with E-state index in [9.17, 15) is 4.79 Å². The molecule has 0 unspecified atom stereocenters. The van der Waals surface area contributed by atoms with Crippen LogP contribution in [0.2, 0.25) is 5.04 Å². The van der Waals surface area contributed by atoms with E-state index < -0.39 is 13.9 Å². The molecule has 3 rings (SSSR count). The van der Waals surface area contributed by atoms with Gasteiger partial charge in [0.05, 0.1) is 12.6 Å². The summed E-state index contributed by atoms with van der Waals surface area (Å²) in [5.74, 6) is 0. The molecule has 4 nitrogen and oxygen atoms in total. The molecule has 0 saturated heterocycles. The Balaban J connectivity index is 1.95. The van der Waals surface area contributed by atoms with Crippen LogP contribution in [0.15, 0.2) is 72.8 Å². The number of hydrogen-bond acceptors (Lipinski definition) is 3. The number of rotatable bonds is 5. The first-order valence-corrected chi connectivity index (χ1v) is 12.9. The first-order valence-electron chi connectivity index (χ1n) is 11.0. The summed E-state index contributed by atoms with van der Waals surface area (Å²) < 4.78 is 12.6.